The zero-order chi connectivity index (χ0) is 9.97. The van der Waals surface area contributed by atoms with E-state index in [1.807, 2.05) is 0 Å². The first-order chi connectivity index (χ1) is 6.75. The van der Waals surface area contributed by atoms with Crippen LogP contribution in [0.4, 0.5) is 0 Å². The Labute approximate surface area is 89.1 Å². The van der Waals surface area contributed by atoms with Crippen LogP contribution < -0.4 is 5.32 Å². The highest BCUT2D eigenvalue weighted by Crippen LogP contribution is 2.12. The third-order valence-electron chi connectivity index (χ3n) is 2.76. The third-order valence-corrected chi connectivity index (χ3v) is 3.58. The van der Waals surface area contributed by atoms with E-state index in [-0.39, 0.29) is 0 Å². The van der Waals surface area contributed by atoms with Crippen molar-refractivity contribution in [2.75, 3.05) is 26.7 Å². The van der Waals surface area contributed by atoms with Crippen LogP contribution in [0.25, 0.3) is 0 Å². The van der Waals surface area contributed by atoms with Crippen molar-refractivity contribution >= 4 is 11.3 Å². The van der Waals surface area contributed by atoms with Crippen LogP contribution in [0.2, 0.25) is 0 Å². The Bertz CT molecular complexity index is 297. The van der Waals surface area contributed by atoms with Gasteiger partial charge in [0.2, 0.25) is 0 Å². The fourth-order valence-electron chi connectivity index (χ4n) is 1.83. The van der Waals surface area contributed by atoms with Gasteiger partial charge in [-0.05, 0) is 14.0 Å². The lowest BCUT2D eigenvalue weighted by Gasteiger charge is -2.32. The SMILES string of the molecule is Cc1nc(CC2CNCCN2C)cs1. The standard InChI is InChI=1S/C10H17N3S/c1-8-12-9(7-14-8)5-10-6-11-3-4-13(10)2/h7,10-11H,3-6H2,1-2H3. The summed E-state index contributed by atoms with van der Waals surface area (Å²) in [6, 6.07) is 0.616. The lowest BCUT2D eigenvalue weighted by molar-refractivity contribution is 0.198. The van der Waals surface area contributed by atoms with Gasteiger partial charge in [-0.3, -0.25) is 0 Å². The van der Waals surface area contributed by atoms with Crippen molar-refractivity contribution in [1.82, 2.24) is 15.2 Å². The van der Waals surface area contributed by atoms with E-state index in [0.717, 1.165) is 26.1 Å². The van der Waals surface area contributed by atoms with Crippen LogP contribution in [-0.2, 0) is 6.42 Å². The van der Waals surface area contributed by atoms with Gasteiger partial charge in [0, 0.05) is 37.5 Å². The van der Waals surface area contributed by atoms with Crippen molar-refractivity contribution in [3.05, 3.63) is 16.1 Å². The van der Waals surface area contributed by atoms with E-state index in [4.69, 9.17) is 0 Å². The van der Waals surface area contributed by atoms with E-state index in [1.165, 1.54) is 10.7 Å². The van der Waals surface area contributed by atoms with Crippen molar-refractivity contribution in [3.63, 3.8) is 0 Å². The molecule has 1 fully saturated rings. The molecule has 1 N–H and O–H groups in total. The number of nitrogens with zero attached hydrogens (tertiary/aromatic N) is 2. The minimum atomic E-state index is 0.616. The number of likely N-dealkylation sites (N-methyl/N-ethyl adjacent to an activating group) is 1. The van der Waals surface area contributed by atoms with E-state index < -0.39 is 0 Å². The summed E-state index contributed by atoms with van der Waals surface area (Å²) in [4.78, 5) is 6.93. The smallest absolute Gasteiger partial charge is 0.0897 e. The highest BCUT2D eigenvalue weighted by molar-refractivity contribution is 7.09. The Balaban J connectivity index is 1.95. The fraction of sp³-hybridized carbons (Fsp3) is 0.700. The number of hydrogen-bond donors (Lipinski definition) is 1. The molecule has 0 amide bonds. The molecule has 14 heavy (non-hydrogen) atoms. The Kier molecular flexibility index (Phi) is 3.15. The second kappa shape index (κ2) is 4.38. The first-order valence-electron chi connectivity index (χ1n) is 5.07. The molecule has 2 rings (SSSR count). The highest BCUT2D eigenvalue weighted by atomic mass is 32.1. The fourth-order valence-corrected chi connectivity index (χ4v) is 2.46. The first kappa shape index (κ1) is 10.1. The molecular weight excluding hydrogens is 194 g/mol. The second-order valence-corrected chi connectivity index (χ2v) is 4.96. The summed E-state index contributed by atoms with van der Waals surface area (Å²) in [5.41, 5.74) is 1.24. The molecule has 1 saturated heterocycles. The largest absolute Gasteiger partial charge is 0.314 e. The van der Waals surface area contributed by atoms with E-state index in [9.17, 15) is 0 Å². The van der Waals surface area contributed by atoms with Gasteiger partial charge in [-0.25, -0.2) is 4.98 Å². The van der Waals surface area contributed by atoms with Crippen LogP contribution in [0, 0.1) is 6.92 Å². The lowest BCUT2D eigenvalue weighted by Crippen LogP contribution is -2.50. The first-order valence-corrected chi connectivity index (χ1v) is 5.95. The van der Waals surface area contributed by atoms with Gasteiger partial charge in [0.25, 0.3) is 0 Å². The summed E-state index contributed by atoms with van der Waals surface area (Å²) < 4.78 is 0. The number of nitrogens with one attached hydrogen (secondary N) is 1. The molecule has 1 atom stereocenters. The van der Waals surface area contributed by atoms with Crippen LogP contribution in [0.15, 0.2) is 5.38 Å². The Hall–Kier alpha value is -0.450. The second-order valence-electron chi connectivity index (χ2n) is 3.90. The van der Waals surface area contributed by atoms with Crippen LogP contribution in [0.5, 0.6) is 0 Å². The summed E-state index contributed by atoms with van der Waals surface area (Å²) in [5.74, 6) is 0. The van der Waals surface area contributed by atoms with Gasteiger partial charge in [0.1, 0.15) is 0 Å². The zero-order valence-electron chi connectivity index (χ0n) is 8.79. The number of piperazine rings is 1. The maximum atomic E-state index is 4.50. The predicted molar refractivity (Wildman–Crippen MR) is 59.8 cm³/mol. The maximum Gasteiger partial charge on any atom is 0.0897 e. The van der Waals surface area contributed by atoms with Crippen LogP contribution >= 0.6 is 11.3 Å². The molecule has 0 aromatic carbocycles. The molecule has 1 aromatic rings. The lowest BCUT2D eigenvalue weighted by atomic mass is 10.1. The van der Waals surface area contributed by atoms with E-state index >= 15 is 0 Å². The molecule has 3 nitrogen and oxygen atoms in total. The van der Waals surface area contributed by atoms with Gasteiger partial charge < -0.3 is 10.2 Å². The van der Waals surface area contributed by atoms with Crippen LogP contribution in [0.1, 0.15) is 10.7 Å². The summed E-state index contributed by atoms with van der Waals surface area (Å²) in [6.45, 7) is 5.42. The van der Waals surface area contributed by atoms with Crippen molar-refractivity contribution in [2.24, 2.45) is 0 Å². The third kappa shape index (κ3) is 2.32. The number of aryl methyl sites for hydroxylation is 1. The number of rotatable bonds is 2. The molecule has 78 valence electrons. The molecule has 0 saturated carbocycles. The van der Waals surface area contributed by atoms with Gasteiger partial charge in [0.15, 0.2) is 0 Å². The Morgan fingerprint density at radius 2 is 2.57 bits per heavy atom. The summed E-state index contributed by atoms with van der Waals surface area (Å²) in [6.07, 6.45) is 1.08. The van der Waals surface area contributed by atoms with Crippen molar-refractivity contribution < 1.29 is 0 Å². The molecule has 0 radical (unpaired) electrons. The van der Waals surface area contributed by atoms with Gasteiger partial charge in [0.05, 0.1) is 10.7 Å². The molecule has 0 bridgehead atoms. The molecule has 0 spiro atoms. The van der Waals surface area contributed by atoms with E-state index in [1.54, 1.807) is 11.3 Å². The summed E-state index contributed by atoms with van der Waals surface area (Å²) in [5, 5.41) is 6.78. The quantitative estimate of drug-likeness (QED) is 0.788. The van der Waals surface area contributed by atoms with E-state index in [2.05, 4.69) is 34.6 Å². The van der Waals surface area contributed by atoms with E-state index in [0.29, 0.717) is 6.04 Å². The molecule has 1 aliphatic heterocycles. The predicted octanol–water partition coefficient (Wildman–Crippen LogP) is 0.898. The van der Waals surface area contributed by atoms with Crippen LogP contribution in [-0.4, -0.2) is 42.6 Å². The molecule has 0 aliphatic carbocycles. The topological polar surface area (TPSA) is 28.2 Å². The molecule has 2 heterocycles. The van der Waals surface area contributed by atoms with Gasteiger partial charge in [-0.1, -0.05) is 0 Å². The number of thiazole rings is 1. The molecule has 1 unspecified atom stereocenters. The molecule has 4 heteroatoms. The molecular formula is C10H17N3S. The normalized spacial score (nSPS) is 24.0. The Morgan fingerprint density at radius 3 is 3.21 bits per heavy atom. The highest BCUT2D eigenvalue weighted by Gasteiger charge is 2.19. The van der Waals surface area contributed by atoms with Crippen molar-refractivity contribution in [1.29, 1.82) is 0 Å². The van der Waals surface area contributed by atoms with Gasteiger partial charge >= 0.3 is 0 Å². The van der Waals surface area contributed by atoms with Gasteiger partial charge in [-0.15, -0.1) is 11.3 Å². The number of hydrogen-bond acceptors (Lipinski definition) is 4. The molecule has 1 aromatic heterocycles. The zero-order valence-corrected chi connectivity index (χ0v) is 9.60. The monoisotopic (exact) mass is 211 g/mol. The summed E-state index contributed by atoms with van der Waals surface area (Å²) >= 11 is 1.74. The Morgan fingerprint density at radius 1 is 1.71 bits per heavy atom. The molecule has 1 aliphatic rings. The minimum Gasteiger partial charge on any atom is -0.314 e. The maximum absolute atomic E-state index is 4.50. The van der Waals surface area contributed by atoms with Crippen molar-refractivity contribution in [2.45, 2.75) is 19.4 Å². The average molecular weight is 211 g/mol. The van der Waals surface area contributed by atoms with Crippen molar-refractivity contribution in [3.8, 4) is 0 Å². The number of aromatic nitrogens is 1. The van der Waals surface area contributed by atoms with Crippen LogP contribution in [0.3, 0.4) is 0 Å². The average Bonchev–Trinajstić information content (AvgIpc) is 2.56. The van der Waals surface area contributed by atoms with Gasteiger partial charge in [-0.2, -0.15) is 0 Å². The minimum absolute atomic E-state index is 0.616. The summed E-state index contributed by atoms with van der Waals surface area (Å²) in [7, 11) is 2.20.